The summed E-state index contributed by atoms with van der Waals surface area (Å²) in [7, 11) is 5.40. The van der Waals surface area contributed by atoms with Crippen LogP contribution < -0.4 is 5.11 Å². The summed E-state index contributed by atoms with van der Waals surface area (Å²) in [5.74, 6) is -1.78. The van der Waals surface area contributed by atoms with Crippen LogP contribution in [0.3, 0.4) is 0 Å². The molecule has 0 amide bonds. The van der Waals surface area contributed by atoms with Gasteiger partial charge in [0.25, 0.3) is 0 Å². The second-order valence-corrected chi connectivity index (χ2v) is 18.7. The molecular weight excluding hydrogens is 847 g/mol. The van der Waals surface area contributed by atoms with Gasteiger partial charge in [-0.3, -0.25) is 9.59 Å². The van der Waals surface area contributed by atoms with Gasteiger partial charge in [0.2, 0.25) is 0 Å². The maximum atomic E-state index is 12.8. The Kier molecular flexibility index (Phi) is 46.5. The fourth-order valence-electron chi connectivity index (χ4n) is 7.32. The van der Waals surface area contributed by atoms with Gasteiger partial charge in [0, 0.05) is 19.3 Å². The Morgan fingerprint density at radius 2 is 0.779 bits per heavy atom. The quantitative estimate of drug-likeness (QED) is 0.0259. The Labute approximate surface area is 417 Å². The Balaban J connectivity index is 4.29. The minimum atomic E-state index is -1.13. The van der Waals surface area contributed by atoms with E-state index in [1.54, 1.807) is 21.1 Å². The first-order chi connectivity index (χ1) is 33.1. The monoisotopic (exact) mass is 946 g/mol. The molecule has 0 saturated heterocycles. The van der Waals surface area contributed by atoms with Crippen LogP contribution in [0.25, 0.3) is 0 Å². The standard InChI is InChI=1S/C60H99NO7/c1-6-8-10-12-14-16-18-20-22-24-26-28-29-31-32-34-36-38-40-42-44-46-48-50-58(62)67-55-56(54-66-53-52-57(60(64)65)61(3,4)5)68-59(63)51-49-47-45-43-41-39-37-35-33-30-27-25-23-21-19-17-15-13-11-9-7-2/h8-11,14-17,20-23,26,28,31-32,36,38,56-57H,6-7,12-13,18-19,24-25,27,29-30,33-35,37,39-55H2,1-5H3/b10-8+,11-9+,16-14+,17-15+,22-20+,23-21+,28-26+,32-31+,38-36+. The lowest BCUT2D eigenvalue weighted by Gasteiger charge is -2.34. The van der Waals surface area contributed by atoms with E-state index in [0.717, 1.165) is 109 Å². The highest BCUT2D eigenvalue weighted by atomic mass is 16.6. The molecule has 8 nitrogen and oxygen atoms in total. The van der Waals surface area contributed by atoms with Crippen LogP contribution in [-0.4, -0.2) is 75.5 Å². The highest BCUT2D eigenvalue weighted by Gasteiger charge is 2.25. The molecule has 0 bridgehead atoms. The van der Waals surface area contributed by atoms with Crippen LogP contribution in [0.1, 0.15) is 200 Å². The van der Waals surface area contributed by atoms with Crippen LogP contribution in [0.4, 0.5) is 0 Å². The number of rotatable bonds is 47. The molecular formula is C60H99NO7. The largest absolute Gasteiger partial charge is 0.544 e. The van der Waals surface area contributed by atoms with Crippen molar-refractivity contribution in [3.05, 3.63) is 109 Å². The first-order valence-corrected chi connectivity index (χ1v) is 26.9. The SMILES string of the molecule is CC/C=C/C/C=C/C/C=C/C/C=C/C/C=C/C/C=C/CCCCCCC(=O)OCC(COCCC(C(=O)[O-])[N+](C)(C)C)OC(=O)CCCCCCCCCCCCC/C=C/C/C=C/C/C=C/CC. The van der Waals surface area contributed by atoms with Crippen molar-refractivity contribution < 1.29 is 38.2 Å². The predicted octanol–water partition coefficient (Wildman–Crippen LogP) is 14.6. The summed E-state index contributed by atoms with van der Waals surface area (Å²) in [6.45, 7) is 4.41. The lowest BCUT2D eigenvalue weighted by Crippen LogP contribution is -2.55. The molecule has 0 aromatic rings. The fourth-order valence-corrected chi connectivity index (χ4v) is 7.32. The molecule has 0 aliphatic heterocycles. The van der Waals surface area contributed by atoms with Gasteiger partial charge in [-0.15, -0.1) is 0 Å². The second-order valence-electron chi connectivity index (χ2n) is 18.7. The lowest BCUT2D eigenvalue weighted by molar-refractivity contribution is -0.889. The third kappa shape index (κ3) is 47.1. The van der Waals surface area contributed by atoms with E-state index in [-0.39, 0.29) is 42.7 Å². The maximum absolute atomic E-state index is 12.8. The Hall–Kier alpha value is -4.01. The number of aliphatic carboxylic acids is 1. The van der Waals surface area contributed by atoms with Crippen molar-refractivity contribution in [3.63, 3.8) is 0 Å². The van der Waals surface area contributed by atoms with E-state index in [1.165, 1.54) is 57.8 Å². The number of unbranched alkanes of at least 4 members (excludes halogenated alkanes) is 15. The molecule has 0 saturated carbocycles. The number of ether oxygens (including phenoxy) is 3. The number of hydrogen-bond acceptors (Lipinski definition) is 7. The second kappa shape index (κ2) is 49.4. The van der Waals surface area contributed by atoms with E-state index in [4.69, 9.17) is 14.2 Å². The van der Waals surface area contributed by atoms with Gasteiger partial charge in [0.1, 0.15) is 12.6 Å². The molecule has 0 spiro atoms. The maximum Gasteiger partial charge on any atom is 0.306 e. The Morgan fingerprint density at radius 1 is 0.441 bits per heavy atom. The van der Waals surface area contributed by atoms with E-state index < -0.39 is 18.1 Å². The molecule has 0 aliphatic carbocycles. The van der Waals surface area contributed by atoms with Crippen LogP contribution >= 0.6 is 0 Å². The molecule has 0 fully saturated rings. The first-order valence-electron chi connectivity index (χ1n) is 26.9. The number of nitrogens with zero attached hydrogens (tertiary/aromatic N) is 1. The number of esters is 2. The van der Waals surface area contributed by atoms with Gasteiger partial charge in [0.15, 0.2) is 6.10 Å². The minimum Gasteiger partial charge on any atom is -0.544 e. The average molecular weight is 946 g/mol. The first kappa shape index (κ1) is 64.0. The van der Waals surface area contributed by atoms with Crippen LogP contribution in [0.15, 0.2) is 109 Å². The molecule has 0 radical (unpaired) electrons. The average Bonchev–Trinajstić information content (AvgIpc) is 3.30. The molecule has 0 aromatic carbocycles. The summed E-state index contributed by atoms with van der Waals surface area (Å²) in [5, 5.41) is 11.7. The molecule has 0 aliphatic rings. The highest BCUT2D eigenvalue weighted by Crippen LogP contribution is 2.15. The fraction of sp³-hybridized carbons (Fsp3) is 0.650. The van der Waals surface area contributed by atoms with Crippen LogP contribution in [0, 0.1) is 0 Å². The van der Waals surface area contributed by atoms with E-state index in [9.17, 15) is 19.5 Å². The topological polar surface area (TPSA) is 102 Å². The summed E-state index contributed by atoms with van der Waals surface area (Å²) in [4.78, 5) is 37.1. The molecule has 0 heterocycles. The van der Waals surface area contributed by atoms with Crippen molar-refractivity contribution in [2.24, 2.45) is 0 Å². The zero-order valence-corrected chi connectivity index (χ0v) is 44.0. The number of allylic oxidation sites excluding steroid dienone is 18. The van der Waals surface area contributed by atoms with E-state index >= 15 is 0 Å². The zero-order valence-electron chi connectivity index (χ0n) is 44.0. The summed E-state index contributed by atoms with van der Waals surface area (Å²) >= 11 is 0. The Bertz CT molecular complexity index is 1470. The number of carbonyl (C=O) groups is 3. The molecule has 386 valence electrons. The molecule has 0 rings (SSSR count). The van der Waals surface area contributed by atoms with E-state index in [1.807, 2.05) is 0 Å². The smallest absolute Gasteiger partial charge is 0.306 e. The lowest BCUT2D eigenvalue weighted by atomic mass is 10.0. The number of carboxylic acids is 1. The summed E-state index contributed by atoms with van der Waals surface area (Å²) in [6, 6.07) is -0.738. The van der Waals surface area contributed by atoms with E-state index in [2.05, 4.69) is 123 Å². The Morgan fingerprint density at radius 3 is 1.15 bits per heavy atom. The minimum absolute atomic E-state index is 0.0248. The summed E-state index contributed by atoms with van der Waals surface area (Å²) in [6.07, 6.45) is 68.3. The molecule has 68 heavy (non-hydrogen) atoms. The molecule has 0 N–H and O–H groups in total. The van der Waals surface area contributed by atoms with Crippen molar-refractivity contribution in [1.82, 2.24) is 0 Å². The number of carbonyl (C=O) groups excluding carboxylic acids is 3. The number of hydrogen-bond donors (Lipinski definition) is 0. The van der Waals surface area contributed by atoms with Crippen LogP contribution in [0.5, 0.6) is 0 Å². The van der Waals surface area contributed by atoms with Gasteiger partial charge in [-0.2, -0.15) is 0 Å². The van der Waals surface area contributed by atoms with E-state index in [0.29, 0.717) is 12.8 Å². The third-order valence-corrected chi connectivity index (χ3v) is 11.4. The van der Waals surface area contributed by atoms with Gasteiger partial charge in [-0.05, 0) is 96.3 Å². The molecule has 0 aromatic heterocycles. The number of quaternary nitrogens is 1. The number of carboxylic acid groups (broad SMARTS) is 1. The van der Waals surface area contributed by atoms with Crippen LogP contribution in [0.2, 0.25) is 0 Å². The van der Waals surface area contributed by atoms with Gasteiger partial charge in [0.05, 0.1) is 40.3 Å². The van der Waals surface area contributed by atoms with Crippen molar-refractivity contribution in [2.45, 2.75) is 212 Å². The summed E-state index contributed by atoms with van der Waals surface area (Å²) < 4.78 is 17.2. The zero-order chi connectivity index (χ0) is 49.9. The van der Waals surface area contributed by atoms with Crippen molar-refractivity contribution in [2.75, 3.05) is 41.0 Å². The molecule has 8 heteroatoms. The molecule has 2 unspecified atom stereocenters. The van der Waals surface area contributed by atoms with Crippen molar-refractivity contribution in [3.8, 4) is 0 Å². The van der Waals surface area contributed by atoms with Gasteiger partial charge < -0.3 is 28.6 Å². The third-order valence-electron chi connectivity index (χ3n) is 11.4. The van der Waals surface area contributed by atoms with Crippen LogP contribution in [-0.2, 0) is 28.6 Å². The van der Waals surface area contributed by atoms with Gasteiger partial charge in [-0.25, -0.2) is 0 Å². The van der Waals surface area contributed by atoms with Crippen molar-refractivity contribution >= 4 is 17.9 Å². The molecule has 2 atom stereocenters. The predicted molar refractivity (Wildman–Crippen MR) is 286 cm³/mol. The van der Waals surface area contributed by atoms with Gasteiger partial charge >= 0.3 is 11.9 Å². The van der Waals surface area contributed by atoms with Crippen molar-refractivity contribution in [1.29, 1.82) is 0 Å². The van der Waals surface area contributed by atoms with Gasteiger partial charge in [-0.1, -0.05) is 194 Å². The normalized spacial score (nSPS) is 13.7. The summed E-state index contributed by atoms with van der Waals surface area (Å²) in [5.41, 5.74) is 0. The highest BCUT2D eigenvalue weighted by molar-refractivity contribution is 5.70. The number of likely N-dealkylation sites (N-methyl/N-ethyl adjacent to an activating group) is 1.